The molecule has 0 aliphatic heterocycles. The minimum Gasteiger partial charge on any atom is -0.480 e. The van der Waals surface area contributed by atoms with Crippen LogP contribution in [0.4, 0.5) is 0 Å². The molecule has 1 atom stereocenters. The van der Waals surface area contributed by atoms with E-state index in [-0.39, 0.29) is 12.5 Å². The van der Waals surface area contributed by atoms with Crippen LogP contribution in [0.2, 0.25) is 0 Å². The molecule has 0 saturated heterocycles. The maximum Gasteiger partial charge on any atom is 0.263 e. The van der Waals surface area contributed by atoms with Crippen LogP contribution in [0.25, 0.3) is 10.7 Å². The highest BCUT2D eigenvalue weighted by molar-refractivity contribution is 7.13. The van der Waals surface area contributed by atoms with Crippen molar-refractivity contribution in [2.24, 2.45) is 0 Å². The lowest BCUT2D eigenvalue weighted by Crippen LogP contribution is -2.39. The van der Waals surface area contributed by atoms with Crippen molar-refractivity contribution >= 4 is 17.2 Å². The van der Waals surface area contributed by atoms with Gasteiger partial charge < -0.3 is 14.2 Å². The summed E-state index contributed by atoms with van der Waals surface area (Å²) < 4.78 is 11.3. The average Bonchev–Trinajstić information content (AvgIpc) is 3.33. The molecule has 1 aromatic carbocycles. The van der Waals surface area contributed by atoms with Gasteiger partial charge in [0.15, 0.2) is 6.10 Å². The van der Waals surface area contributed by atoms with Crippen LogP contribution in [0.1, 0.15) is 30.4 Å². The van der Waals surface area contributed by atoms with Gasteiger partial charge in [0.25, 0.3) is 5.91 Å². The van der Waals surface area contributed by atoms with Crippen LogP contribution in [0.3, 0.4) is 0 Å². The van der Waals surface area contributed by atoms with Gasteiger partial charge in [-0.3, -0.25) is 4.79 Å². The fourth-order valence-electron chi connectivity index (χ4n) is 2.65. The van der Waals surface area contributed by atoms with Gasteiger partial charge in [-0.15, -0.1) is 11.3 Å². The van der Waals surface area contributed by atoms with Crippen LogP contribution < -0.4 is 4.74 Å². The van der Waals surface area contributed by atoms with Crippen LogP contribution in [0, 0.1) is 13.8 Å². The molecule has 3 rings (SSSR count). The zero-order chi connectivity index (χ0) is 19.4. The SMILES string of the molecule is CC[C@H](Oc1cc(C)ccc1C)C(=O)N(C)Cc1nc(-c2cccs2)no1. The topological polar surface area (TPSA) is 68.5 Å². The molecule has 0 bridgehead atoms. The van der Waals surface area contributed by atoms with E-state index in [1.54, 1.807) is 23.3 Å². The summed E-state index contributed by atoms with van der Waals surface area (Å²) >= 11 is 1.54. The molecular weight excluding hydrogens is 362 g/mol. The standard InChI is InChI=1S/C20H23N3O3S/c1-5-15(25-16-11-13(2)8-9-14(16)3)20(24)23(4)12-18-21-19(22-26-18)17-7-6-10-27-17/h6-11,15H,5,12H2,1-4H3/t15-/m0/s1. The molecular formula is C20H23N3O3S. The van der Waals surface area contributed by atoms with Crippen molar-refractivity contribution in [1.29, 1.82) is 0 Å². The second-order valence-corrected chi connectivity index (χ2v) is 7.41. The number of aryl methyl sites for hydroxylation is 2. The van der Waals surface area contributed by atoms with Crippen LogP contribution in [0.15, 0.2) is 40.2 Å². The molecule has 27 heavy (non-hydrogen) atoms. The van der Waals surface area contributed by atoms with Gasteiger partial charge in [0.1, 0.15) is 5.75 Å². The molecule has 6 nitrogen and oxygen atoms in total. The summed E-state index contributed by atoms with van der Waals surface area (Å²) in [4.78, 5) is 19.7. The number of carbonyl (C=O) groups is 1. The summed E-state index contributed by atoms with van der Waals surface area (Å²) in [6, 6.07) is 9.84. The number of aromatic nitrogens is 2. The second kappa shape index (κ2) is 8.35. The van der Waals surface area contributed by atoms with Gasteiger partial charge in [0.05, 0.1) is 11.4 Å². The molecule has 0 spiro atoms. The van der Waals surface area contributed by atoms with Crippen molar-refractivity contribution in [3.05, 3.63) is 52.7 Å². The molecule has 7 heteroatoms. The molecule has 1 amide bonds. The molecule has 2 heterocycles. The highest BCUT2D eigenvalue weighted by Crippen LogP contribution is 2.23. The lowest BCUT2D eigenvalue weighted by Gasteiger charge is -2.23. The summed E-state index contributed by atoms with van der Waals surface area (Å²) in [5, 5.41) is 5.94. The minimum atomic E-state index is -0.560. The number of likely N-dealkylation sites (N-methyl/N-ethyl adjacent to an activating group) is 1. The van der Waals surface area contributed by atoms with Gasteiger partial charge in [0, 0.05) is 7.05 Å². The summed E-state index contributed by atoms with van der Waals surface area (Å²) in [5.41, 5.74) is 2.10. The van der Waals surface area contributed by atoms with Crippen molar-refractivity contribution in [1.82, 2.24) is 15.0 Å². The lowest BCUT2D eigenvalue weighted by atomic mass is 10.1. The summed E-state index contributed by atoms with van der Waals surface area (Å²) in [5.74, 6) is 1.56. The first-order valence-electron chi connectivity index (χ1n) is 8.83. The van der Waals surface area contributed by atoms with Crippen molar-refractivity contribution < 1.29 is 14.1 Å². The highest BCUT2D eigenvalue weighted by atomic mass is 32.1. The Morgan fingerprint density at radius 3 is 2.85 bits per heavy atom. The third-order valence-corrected chi connectivity index (χ3v) is 5.08. The van der Waals surface area contributed by atoms with Crippen molar-refractivity contribution in [2.45, 2.75) is 39.8 Å². The van der Waals surface area contributed by atoms with E-state index in [0.717, 1.165) is 21.8 Å². The number of hydrogen-bond donors (Lipinski definition) is 0. The molecule has 0 saturated carbocycles. The maximum absolute atomic E-state index is 12.8. The van der Waals surface area contributed by atoms with E-state index < -0.39 is 6.10 Å². The van der Waals surface area contributed by atoms with E-state index in [1.807, 2.05) is 56.5 Å². The third-order valence-electron chi connectivity index (χ3n) is 4.22. The molecule has 3 aromatic rings. The predicted octanol–water partition coefficient (Wildman–Crippen LogP) is 4.23. The highest BCUT2D eigenvalue weighted by Gasteiger charge is 2.24. The lowest BCUT2D eigenvalue weighted by molar-refractivity contribution is -0.138. The number of nitrogens with zero attached hydrogens (tertiary/aromatic N) is 3. The predicted molar refractivity (Wildman–Crippen MR) is 105 cm³/mol. The Morgan fingerprint density at radius 2 is 2.15 bits per heavy atom. The monoisotopic (exact) mass is 385 g/mol. The first-order valence-corrected chi connectivity index (χ1v) is 9.71. The third kappa shape index (κ3) is 4.54. The van der Waals surface area contributed by atoms with E-state index >= 15 is 0 Å². The molecule has 0 aliphatic carbocycles. The Morgan fingerprint density at radius 1 is 1.33 bits per heavy atom. The Hall–Kier alpha value is -2.67. The number of hydrogen-bond acceptors (Lipinski definition) is 6. The van der Waals surface area contributed by atoms with Crippen molar-refractivity contribution in [3.8, 4) is 16.5 Å². The summed E-state index contributed by atoms with van der Waals surface area (Å²) in [6.45, 7) is 6.15. The van der Waals surface area contributed by atoms with Crippen LogP contribution >= 0.6 is 11.3 Å². The fourth-order valence-corrected chi connectivity index (χ4v) is 3.30. The Bertz CT molecular complexity index is 905. The van der Waals surface area contributed by atoms with Gasteiger partial charge in [0.2, 0.25) is 11.7 Å². The van der Waals surface area contributed by atoms with E-state index in [9.17, 15) is 4.79 Å². The molecule has 0 aliphatic rings. The molecule has 0 unspecified atom stereocenters. The number of rotatable bonds is 7. The number of thiophene rings is 1. The Labute approximate surface area is 162 Å². The van der Waals surface area contributed by atoms with E-state index in [4.69, 9.17) is 9.26 Å². The zero-order valence-electron chi connectivity index (χ0n) is 15.9. The second-order valence-electron chi connectivity index (χ2n) is 6.47. The number of ether oxygens (including phenoxy) is 1. The van der Waals surface area contributed by atoms with Crippen LogP contribution in [-0.4, -0.2) is 34.1 Å². The van der Waals surface area contributed by atoms with E-state index in [1.165, 1.54) is 0 Å². The van der Waals surface area contributed by atoms with Gasteiger partial charge in [-0.2, -0.15) is 4.98 Å². The smallest absolute Gasteiger partial charge is 0.263 e. The average molecular weight is 385 g/mol. The fraction of sp³-hybridized carbons (Fsp3) is 0.350. The Kier molecular flexibility index (Phi) is 5.91. The molecule has 2 aromatic heterocycles. The largest absolute Gasteiger partial charge is 0.480 e. The molecule has 142 valence electrons. The number of benzene rings is 1. The van der Waals surface area contributed by atoms with E-state index in [2.05, 4.69) is 10.1 Å². The molecule has 0 fully saturated rings. The Balaban J connectivity index is 1.67. The normalized spacial score (nSPS) is 12.0. The van der Waals surface area contributed by atoms with E-state index in [0.29, 0.717) is 18.1 Å². The summed E-state index contributed by atoms with van der Waals surface area (Å²) in [7, 11) is 1.71. The first-order chi connectivity index (χ1) is 13.0. The number of carbonyl (C=O) groups excluding carboxylic acids is 1. The zero-order valence-corrected chi connectivity index (χ0v) is 16.7. The quantitative estimate of drug-likeness (QED) is 0.609. The molecule has 0 radical (unpaired) electrons. The minimum absolute atomic E-state index is 0.116. The van der Waals surface area contributed by atoms with Gasteiger partial charge in [-0.1, -0.05) is 30.3 Å². The van der Waals surface area contributed by atoms with Crippen LogP contribution in [0.5, 0.6) is 5.75 Å². The van der Waals surface area contributed by atoms with Crippen molar-refractivity contribution in [2.75, 3.05) is 7.05 Å². The van der Waals surface area contributed by atoms with Crippen molar-refractivity contribution in [3.63, 3.8) is 0 Å². The number of amides is 1. The molecule has 0 N–H and O–H groups in total. The summed E-state index contributed by atoms with van der Waals surface area (Å²) in [6.07, 6.45) is 0.0103. The maximum atomic E-state index is 12.8. The first kappa shape index (κ1) is 19.1. The van der Waals surface area contributed by atoms with Gasteiger partial charge >= 0.3 is 0 Å². The van der Waals surface area contributed by atoms with Gasteiger partial charge in [-0.25, -0.2) is 0 Å². The van der Waals surface area contributed by atoms with Gasteiger partial charge in [-0.05, 0) is 48.9 Å². The van der Waals surface area contributed by atoms with Crippen LogP contribution in [-0.2, 0) is 11.3 Å².